The lowest BCUT2D eigenvalue weighted by Gasteiger charge is -2.33. The highest BCUT2D eigenvalue weighted by Crippen LogP contribution is 2.37. The van der Waals surface area contributed by atoms with Crippen molar-refractivity contribution in [1.82, 2.24) is 5.32 Å². The number of hydrogen-bond donors (Lipinski definition) is 2. The van der Waals surface area contributed by atoms with Gasteiger partial charge in [0.1, 0.15) is 0 Å². The van der Waals surface area contributed by atoms with Gasteiger partial charge in [-0.1, -0.05) is 53.5 Å². The van der Waals surface area contributed by atoms with Crippen LogP contribution in [0.25, 0.3) is 0 Å². The second kappa shape index (κ2) is 10.9. The van der Waals surface area contributed by atoms with Crippen LogP contribution in [0, 0.1) is 0 Å². The predicted octanol–water partition coefficient (Wildman–Crippen LogP) is 6.13. The van der Waals surface area contributed by atoms with Gasteiger partial charge in [-0.2, -0.15) is 0 Å². The molecule has 1 fully saturated rings. The normalized spacial score (nSPS) is 14.5. The van der Waals surface area contributed by atoms with Crippen LogP contribution in [0.2, 0.25) is 10.0 Å². The summed E-state index contributed by atoms with van der Waals surface area (Å²) in [5, 5.41) is 13.4. The molecule has 0 saturated carbocycles. The highest BCUT2D eigenvalue weighted by molar-refractivity contribution is 6.31. The van der Waals surface area contributed by atoms with Gasteiger partial charge in [-0.25, -0.2) is 4.79 Å². The van der Waals surface area contributed by atoms with Gasteiger partial charge in [0.25, 0.3) is 0 Å². The molecule has 1 heterocycles. The lowest BCUT2D eigenvalue weighted by Crippen LogP contribution is -2.34. The molecule has 1 aliphatic rings. The van der Waals surface area contributed by atoms with Crippen molar-refractivity contribution in [2.45, 2.75) is 31.7 Å². The molecule has 0 aliphatic carbocycles. The lowest BCUT2D eigenvalue weighted by molar-refractivity contribution is -0.120. The summed E-state index contributed by atoms with van der Waals surface area (Å²) in [6.45, 7) is 1.90. The predicted molar refractivity (Wildman–Crippen MR) is 136 cm³/mol. The highest BCUT2D eigenvalue weighted by atomic mass is 35.5. The quantitative estimate of drug-likeness (QED) is 0.412. The first-order valence-electron chi connectivity index (χ1n) is 11.3. The van der Waals surface area contributed by atoms with E-state index in [-0.39, 0.29) is 17.9 Å². The summed E-state index contributed by atoms with van der Waals surface area (Å²) in [7, 11) is 0. The van der Waals surface area contributed by atoms with Gasteiger partial charge in [0.05, 0.1) is 18.0 Å². The molecule has 1 saturated heterocycles. The van der Waals surface area contributed by atoms with Gasteiger partial charge in [0.15, 0.2) is 0 Å². The van der Waals surface area contributed by atoms with Crippen molar-refractivity contribution in [1.29, 1.82) is 0 Å². The number of amides is 1. The number of piperidine rings is 1. The van der Waals surface area contributed by atoms with Gasteiger partial charge >= 0.3 is 5.97 Å². The molecule has 3 aromatic carbocycles. The van der Waals surface area contributed by atoms with E-state index in [1.165, 1.54) is 18.6 Å². The highest BCUT2D eigenvalue weighted by Gasteiger charge is 2.25. The maximum Gasteiger partial charge on any atom is 0.335 e. The van der Waals surface area contributed by atoms with Crippen molar-refractivity contribution < 1.29 is 14.7 Å². The average Bonchev–Trinajstić information content (AvgIpc) is 2.84. The molecule has 1 atom stereocenters. The Morgan fingerprint density at radius 2 is 1.62 bits per heavy atom. The standard InChI is InChI=1S/C27H26Cl2N2O3/c28-20-12-13-24(31-14-4-1-5-15-31)22(17-20)26(21-6-2-3-7-23(21)29)30-25(32)16-18-8-10-19(11-9-18)27(33)34/h2-3,6-13,17,26H,1,4-5,14-16H2,(H,30,32)(H,33,34). The fourth-order valence-electron chi connectivity index (χ4n) is 4.37. The van der Waals surface area contributed by atoms with Gasteiger partial charge in [0.2, 0.25) is 5.91 Å². The van der Waals surface area contributed by atoms with Crippen LogP contribution in [-0.4, -0.2) is 30.1 Å². The average molecular weight is 497 g/mol. The van der Waals surface area contributed by atoms with Crippen molar-refractivity contribution in [3.63, 3.8) is 0 Å². The van der Waals surface area contributed by atoms with Crippen LogP contribution < -0.4 is 10.2 Å². The topological polar surface area (TPSA) is 69.6 Å². The van der Waals surface area contributed by atoms with Crippen molar-refractivity contribution in [2.24, 2.45) is 0 Å². The van der Waals surface area contributed by atoms with E-state index in [1.807, 2.05) is 42.5 Å². The smallest absolute Gasteiger partial charge is 0.335 e. The Labute approximate surface area is 209 Å². The number of halogens is 2. The van der Waals surface area contributed by atoms with Crippen LogP contribution in [0.15, 0.2) is 66.7 Å². The Hall–Kier alpha value is -3.02. The van der Waals surface area contributed by atoms with E-state index in [0.717, 1.165) is 48.3 Å². The molecular formula is C27H26Cl2N2O3. The zero-order chi connectivity index (χ0) is 24.1. The second-order valence-corrected chi connectivity index (χ2v) is 9.30. The fourth-order valence-corrected chi connectivity index (χ4v) is 4.80. The number of rotatable bonds is 7. The number of carboxylic acid groups (broad SMARTS) is 1. The van der Waals surface area contributed by atoms with E-state index in [0.29, 0.717) is 10.0 Å². The first-order chi connectivity index (χ1) is 16.4. The van der Waals surface area contributed by atoms with Gasteiger partial charge in [0, 0.05) is 34.4 Å². The number of aromatic carboxylic acids is 1. The van der Waals surface area contributed by atoms with Crippen LogP contribution in [0.3, 0.4) is 0 Å². The minimum absolute atomic E-state index is 0.112. The molecule has 0 spiro atoms. The molecule has 3 aromatic rings. The SMILES string of the molecule is O=C(Cc1ccc(C(=O)O)cc1)NC(c1ccccc1Cl)c1cc(Cl)ccc1N1CCCCC1. The first-order valence-corrected chi connectivity index (χ1v) is 12.1. The Bertz CT molecular complexity index is 1170. The Morgan fingerprint density at radius 1 is 0.912 bits per heavy atom. The largest absolute Gasteiger partial charge is 0.478 e. The number of carboxylic acids is 1. The van der Waals surface area contributed by atoms with E-state index >= 15 is 0 Å². The van der Waals surface area contributed by atoms with E-state index in [2.05, 4.69) is 10.2 Å². The zero-order valence-corrected chi connectivity index (χ0v) is 20.1. The molecule has 1 amide bonds. The summed E-state index contributed by atoms with van der Waals surface area (Å²) in [5.74, 6) is -1.20. The van der Waals surface area contributed by atoms with Gasteiger partial charge in [-0.3, -0.25) is 4.79 Å². The molecule has 34 heavy (non-hydrogen) atoms. The molecule has 1 unspecified atom stereocenters. The molecule has 5 nitrogen and oxygen atoms in total. The van der Waals surface area contributed by atoms with Crippen LogP contribution in [0.5, 0.6) is 0 Å². The number of anilines is 1. The second-order valence-electron chi connectivity index (χ2n) is 8.45. The molecule has 0 aromatic heterocycles. The number of hydrogen-bond acceptors (Lipinski definition) is 3. The first kappa shape index (κ1) is 24.1. The number of carbonyl (C=O) groups excluding carboxylic acids is 1. The molecule has 4 rings (SSSR count). The van der Waals surface area contributed by atoms with E-state index < -0.39 is 12.0 Å². The van der Waals surface area contributed by atoms with Crippen LogP contribution in [0.4, 0.5) is 5.69 Å². The molecule has 0 bridgehead atoms. The molecule has 2 N–H and O–H groups in total. The summed E-state index contributed by atoms with van der Waals surface area (Å²) in [6.07, 6.45) is 3.57. The maximum absolute atomic E-state index is 13.2. The third-order valence-electron chi connectivity index (χ3n) is 6.08. The number of nitrogens with zero attached hydrogens (tertiary/aromatic N) is 1. The van der Waals surface area contributed by atoms with Crippen LogP contribution >= 0.6 is 23.2 Å². The number of carbonyl (C=O) groups is 2. The minimum Gasteiger partial charge on any atom is -0.478 e. The number of nitrogens with one attached hydrogen (secondary N) is 1. The monoisotopic (exact) mass is 496 g/mol. The Kier molecular flexibility index (Phi) is 7.76. The molecule has 1 aliphatic heterocycles. The summed E-state index contributed by atoms with van der Waals surface area (Å²) in [5.41, 5.74) is 3.64. The molecule has 0 radical (unpaired) electrons. The minimum atomic E-state index is -0.999. The summed E-state index contributed by atoms with van der Waals surface area (Å²) >= 11 is 13.0. The third-order valence-corrected chi connectivity index (χ3v) is 6.66. The number of benzene rings is 3. The van der Waals surface area contributed by atoms with Crippen LogP contribution in [0.1, 0.15) is 52.4 Å². The van der Waals surface area contributed by atoms with Crippen LogP contribution in [-0.2, 0) is 11.2 Å². The summed E-state index contributed by atoms with van der Waals surface area (Å²) in [6, 6.07) is 19.1. The third kappa shape index (κ3) is 5.72. The van der Waals surface area contributed by atoms with E-state index in [4.69, 9.17) is 28.3 Å². The van der Waals surface area contributed by atoms with E-state index in [9.17, 15) is 9.59 Å². The zero-order valence-electron chi connectivity index (χ0n) is 18.6. The fraction of sp³-hybridized carbons (Fsp3) is 0.259. The Balaban J connectivity index is 1.67. The summed E-state index contributed by atoms with van der Waals surface area (Å²) < 4.78 is 0. The molecule has 7 heteroatoms. The summed E-state index contributed by atoms with van der Waals surface area (Å²) in [4.78, 5) is 26.6. The van der Waals surface area contributed by atoms with E-state index in [1.54, 1.807) is 12.1 Å². The van der Waals surface area contributed by atoms with Crippen molar-refractivity contribution in [2.75, 3.05) is 18.0 Å². The lowest BCUT2D eigenvalue weighted by atomic mass is 9.95. The van der Waals surface area contributed by atoms with Crippen molar-refractivity contribution >= 4 is 40.8 Å². The van der Waals surface area contributed by atoms with Gasteiger partial charge in [-0.15, -0.1) is 0 Å². The molecular weight excluding hydrogens is 471 g/mol. The molecule has 176 valence electrons. The van der Waals surface area contributed by atoms with Crippen molar-refractivity contribution in [3.05, 3.63) is 99.0 Å². The maximum atomic E-state index is 13.2. The van der Waals surface area contributed by atoms with Gasteiger partial charge < -0.3 is 15.3 Å². The van der Waals surface area contributed by atoms with Crippen molar-refractivity contribution in [3.8, 4) is 0 Å². The Morgan fingerprint density at radius 3 is 2.29 bits per heavy atom. The van der Waals surface area contributed by atoms with Gasteiger partial charge in [-0.05, 0) is 66.8 Å².